The van der Waals surface area contributed by atoms with Crippen molar-refractivity contribution < 1.29 is 14.6 Å². The molecule has 0 radical (unpaired) electrons. The average Bonchev–Trinajstić information content (AvgIpc) is 2.27. The van der Waals surface area contributed by atoms with E-state index in [1.807, 2.05) is 0 Å². The first-order valence-corrected chi connectivity index (χ1v) is 5.48. The van der Waals surface area contributed by atoms with Crippen molar-refractivity contribution in [3.63, 3.8) is 0 Å². The van der Waals surface area contributed by atoms with Gasteiger partial charge in [-0.3, -0.25) is 0 Å². The largest absolute Gasteiger partial charge is 0.496 e. The summed E-state index contributed by atoms with van der Waals surface area (Å²) >= 11 is 11.9. The van der Waals surface area contributed by atoms with Gasteiger partial charge in [-0.05, 0) is 24.3 Å². The van der Waals surface area contributed by atoms with E-state index in [1.54, 1.807) is 12.1 Å². The number of halogens is 2. The Balaban J connectivity index is 2.87. The number of carboxylic acids is 1. The summed E-state index contributed by atoms with van der Waals surface area (Å²) < 4.78 is 5.15. The Labute approximate surface area is 108 Å². The van der Waals surface area contributed by atoms with E-state index in [2.05, 4.69) is 0 Å². The summed E-state index contributed by atoms with van der Waals surface area (Å²) in [5, 5.41) is 11.2. The quantitative estimate of drug-likeness (QED) is 0.902. The average molecular weight is 271 g/mol. The van der Waals surface area contributed by atoms with Crippen molar-refractivity contribution >= 4 is 39.9 Å². The van der Waals surface area contributed by atoms with Crippen molar-refractivity contribution in [3.05, 3.63) is 39.9 Å². The van der Waals surface area contributed by atoms with E-state index in [9.17, 15) is 4.79 Å². The minimum Gasteiger partial charge on any atom is -0.496 e. The molecule has 0 aromatic heterocycles. The first-order valence-electron chi connectivity index (χ1n) is 4.73. The molecule has 0 aliphatic heterocycles. The van der Waals surface area contributed by atoms with Crippen molar-refractivity contribution in [1.29, 1.82) is 0 Å². The predicted octanol–water partition coefficient (Wildman–Crippen LogP) is 3.85. The van der Waals surface area contributed by atoms with Crippen LogP contribution < -0.4 is 4.74 Å². The summed E-state index contributed by atoms with van der Waals surface area (Å²) in [5.74, 6) is -0.597. The smallest absolute Gasteiger partial charge is 0.335 e. The Kier molecular flexibility index (Phi) is 3.13. The number of methoxy groups -OCH3 is 1. The van der Waals surface area contributed by atoms with Crippen molar-refractivity contribution in [3.8, 4) is 5.75 Å². The number of hydrogen-bond acceptors (Lipinski definition) is 2. The third kappa shape index (κ3) is 2.16. The Hall–Kier alpha value is -1.45. The highest BCUT2D eigenvalue weighted by molar-refractivity contribution is 6.39. The summed E-state index contributed by atoms with van der Waals surface area (Å²) in [6, 6.07) is 6.19. The topological polar surface area (TPSA) is 46.5 Å². The standard InChI is InChI=1S/C12H8Cl2O3/c1-17-11-3-6(12(15)16)2-8-9(11)4-7(13)5-10(8)14/h2-5H,1H3,(H,15,16). The molecular weight excluding hydrogens is 263 g/mol. The fourth-order valence-electron chi connectivity index (χ4n) is 1.64. The van der Waals surface area contributed by atoms with Crippen LogP contribution in [0.4, 0.5) is 0 Å². The number of ether oxygens (including phenoxy) is 1. The van der Waals surface area contributed by atoms with Gasteiger partial charge in [0.2, 0.25) is 0 Å². The second-order valence-corrected chi connectivity index (χ2v) is 4.31. The SMILES string of the molecule is COc1cc(C(=O)O)cc2c(Cl)cc(Cl)cc12. The molecule has 2 aromatic rings. The third-order valence-corrected chi connectivity index (χ3v) is 2.94. The van der Waals surface area contributed by atoms with Crippen molar-refractivity contribution in [2.45, 2.75) is 0 Å². The molecule has 1 N–H and O–H groups in total. The van der Waals surface area contributed by atoms with Crippen LogP contribution in [0.25, 0.3) is 10.8 Å². The number of carboxylic acid groups (broad SMARTS) is 1. The molecule has 0 bridgehead atoms. The van der Waals surface area contributed by atoms with E-state index >= 15 is 0 Å². The highest BCUT2D eigenvalue weighted by Crippen LogP contribution is 2.34. The molecule has 3 nitrogen and oxygen atoms in total. The van der Waals surface area contributed by atoms with Crippen LogP contribution in [0.3, 0.4) is 0 Å². The van der Waals surface area contributed by atoms with Crippen LogP contribution in [-0.4, -0.2) is 18.2 Å². The maximum Gasteiger partial charge on any atom is 0.335 e. The molecular formula is C12H8Cl2O3. The highest BCUT2D eigenvalue weighted by atomic mass is 35.5. The van der Waals surface area contributed by atoms with Gasteiger partial charge in [0.15, 0.2) is 0 Å². The van der Waals surface area contributed by atoms with Gasteiger partial charge in [-0.2, -0.15) is 0 Å². The fraction of sp³-hybridized carbons (Fsp3) is 0.0833. The number of aromatic carboxylic acids is 1. The minimum atomic E-state index is -1.03. The van der Waals surface area contributed by atoms with Crippen LogP contribution >= 0.6 is 23.2 Å². The highest BCUT2D eigenvalue weighted by Gasteiger charge is 2.12. The molecule has 5 heteroatoms. The maximum absolute atomic E-state index is 11.0. The molecule has 0 aliphatic rings. The van der Waals surface area contributed by atoms with E-state index in [-0.39, 0.29) is 5.56 Å². The van der Waals surface area contributed by atoms with E-state index < -0.39 is 5.97 Å². The number of carbonyl (C=O) groups is 1. The van der Waals surface area contributed by atoms with Crippen LogP contribution in [-0.2, 0) is 0 Å². The Morgan fingerprint density at radius 2 is 1.88 bits per heavy atom. The van der Waals surface area contributed by atoms with Gasteiger partial charge in [0, 0.05) is 15.8 Å². The number of rotatable bonds is 2. The zero-order chi connectivity index (χ0) is 12.6. The van der Waals surface area contributed by atoms with Gasteiger partial charge in [0.25, 0.3) is 0 Å². The van der Waals surface area contributed by atoms with Crippen molar-refractivity contribution in [1.82, 2.24) is 0 Å². The normalized spacial score (nSPS) is 10.5. The van der Waals surface area contributed by atoms with Crippen LogP contribution in [0, 0.1) is 0 Å². The zero-order valence-corrected chi connectivity index (χ0v) is 10.3. The fourth-order valence-corrected chi connectivity index (χ4v) is 2.19. The van der Waals surface area contributed by atoms with Gasteiger partial charge < -0.3 is 9.84 Å². The predicted molar refractivity (Wildman–Crippen MR) is 67.5 cm³/mol. The second-order valence-electron chi connectivity index (χ2n) is 3.47. The first kappa shape index (κ1) is 12.0. The van der Waals surface area contributed by atoms with E-state index in [0.717, 1.165) is 0 Å². The van der Waals surface area contributed by atoms with Gasteiger partial charge in [0.1, 0.15) is 5.75 Å². The maximum atomic E-state index is 11.0. The van der Waals surface area contributed by atoms with E-state index in [0.29, 0.717) is 26.6 Å². The lowest BCUT2D eigenvalue weighted by Crippen LogP contribution is -1.97. The Morgan fingerprint density at radius 1 is 1.18 bits per heavy atom. The summed E-state index contributed by atoms with van der Waals surface area (Å²) in [6.07, 6.45) is 0. The van der Waals surface area contributed by atoms with Gasteiger partial charge in [-0.15, -0.1) is 0 Å². The monoisotopic (exact) mass is 270 g/mol. The molecule has 0 amide bonds. The molecule has 0 atom stereocenters. The first-order chi connectivity index (χ1) is 8.02. The second kappa shape index (κ2) is 4.43. The van der Waals surface area contributed by atoms with Crippen molar-refractivity contribution in [2.24, 2.45) is 0 Å². The molecule has 0 aliphatic carbocycles. The molecule has 2 rings (SSSR count). The molecule has 17 heavy (non-hydrogen) atoms. The summed E-state index contributed by atoms with van der Waals surface area (Å²) in [4.78, 5) is 11.0. The molecule has 0 fully saturated rings. The van der Waals surface area contributed by atoms with Gasteiger partial charge >= 0.3 is 5.97 Å². The van der Waals surface area contributed by atoms with Crippen LogP contribution in [0.5, 0.6) is 5.75 Å². The molecule has 0 unspecified atom stereocenters. The van der Waals surface area contributed by atoms with Gasteiger partial charge in [0.05, 0.1) is 17.7 Å². The van der Waals surface area contributed by atoms with Crippen molar-refractivity contribution in [2.75, 3.05) is 7.11 Å². The number of hydrogen-bond donors (Lipinski definition) is 1. The molecule has 2 aromatic carbocycles. The van der Waals surface area contributed by atoms with Gasteiger partial charge in [-0.1, -0.05) is 23.2 Å². The number of fused-ring (bicyclic) bond motifs is 1. The zero-order valence-electron chi connectivity index (χ0n) is 8.83. The summed E-state index contributed by atoms with van der Waals surface area (Å²) in [7, 11) is 1.47. The molecule has 0 heterocycles. The van der Waals surface area contributed by atoms with Crippen LogP contribution in [0.2, 0.25) is 10.0 Å². The van der Waals surface area contributed by atoms with Gasteiger partial charge in [-0.25, -0.2) is 4.79 Å². The molecule has 88 valence electrons. The third-order valence-electron chi connectivity index (χ3n) is 2.41. The van der Waals surface area contributed by atoms with Crippen LogP contribution in [0.15, 0.2) is 24.3 Å². The lowest BCUT2D eigenvalue weighted by molar-refractivity contribution is 0.0696. The Morgan fingerprint density at radius 3 is 2.47 bits per heavy atom. The molecule has 0 spiro atoms. The summed E-state index contributed by atoms with van der Waals surface area (Å²) in [6.45, 7) is 0. The lowest BCUT2D eigenvalue weighted by Gasteiger charge is -2.09. The summed E-state index contributed by atoms with van der Waals surface area (Å²) in [5.41, 5.74) is 0.124. The number of benzene rings is 2. The molecule has 0 saturated carbocycles. The molecule has 0 saturated heterocycles. The van der Waals surface area contributed by atoms with Crippen LogP contribution in [0.1, 0.15) is 10.4 Å². The van der Waals surface area contributed by atoms with E-state index in [4.69, 9.17) is 33.0 Å². The minimum absolute atomic E-state index is 0.124. The Bertz CT molecular complexity index is 608. The lowest BCUT2D eigenvalue weighted by atomic mass is 10.1. The van der Waals surface area contributed by atoms with E-state index in [1.165, 1.54) is 19.2 Å².